The van der Waals surface area contributed by atoms with Gasteiger partial charge in [-0.05, 0) is 46.2 Å². The van der Waals surface area contributed by atoms with Gasteiger partial charge in [0.05, 0.1) is 6.04 Å². The lowest BCUT2D eigenvalue weighted by atomic mass is 9.95. The number of allylic oxidation sites excluding steroid dienone is 1. The van der Waals surface area contributed by atoms with E-state index in [1.54, 1.807) is 6.08 Å². The number of rotatable bonds is 2. The highest BCUT2D eigenvalue weighted by atomic mass is 16.2. The van der Waals surface area contributed by atoms with Crippen LogP contribution in [0.2, 0.25) is 0 Å². The van der Waals surface area contributed by atoms with Crippen molar-refractivity contribution in [2.24, 2.45) is 0 Å². The van der Waals surface area contributed by atoms with Crippen molar-refractivity contribution in [1.82, 2.24) is 10.2 Å². The van der Waals surface area contributed by atoms with Gasteiger partial charge in [-0.2, -0.15) is 0 Å². The third-order valence-electron chi connectivity index (χ3n) is 3.77. The zero-order chi connectivity index (χ0) is 13.4. The third-order valence-corrected chi connectivity index (χ3v) is 3.77. The predicted octanol–water partition coefficient (Wildman–Crippen LogP) is 2.72. The van der Waals surface area contributed by atoms with Crippen molar-refractivity contribution in [3.63, 3.8) is 0 Å². The standard InChI is InChI=1S/C12H22N2O.C3H6/c1-14-9-5-8-11(14)12(15)13-10-6-3-2-4-7-10;1-3-2/h10-11H,2-9H2,1H3,(H,13,15);3H,1H2,2H3. The van der Waals surface area contributed by atoms with Crippen LogP contribution in [0.3, 0.4) is 0 Å². The minimum atomic E-state index is 0.145. The van der Waals surface area contributed by atoms with Gasteiger partial charge in [-0.25, -0.2) is 0 Å². The molecule has 0 aromatic rings. The molecule has 0 aromatic carbocycles. The lowest BCUT2D eigenvalue weighted by Gasteiger charge is -2.26. The number of amides is 1. The first kappa shape index (κ1) is 15.2. The molecule has 2 aliphatic rings. The first-order valence-corrected chi connectivity index (χ1v) is 7.26. The zero-order valence-electron chi connectivity index (χ0n) is 12.0. The molecule has 2 rings (SSSR count). The van der Waals surface area contributed by atoms with Crippen molar-refractivity contribution in [2.75, 3.05) is 13.6 Å². The number of likely N-dealkylation sites (tertiary alicyclic amines) is 1. The van der Waals surface area contributed by atoms with Gasteiger partial charge in [0.2, 0.25) is 5.91 Å². The van der Waals surface area contributed by atoms with Gasteiger partial charge in [-0.3, -0.25) is 9.69 Å². The van der Waals surface area contributed by atoms with E-state index < -0.39 is 0 Å². The molecular formula is C15H28N2O. The van der Waals surface area contributed by atoms with Gasteiger partial charge in [0, 0.05) is 6.04 Å². The summed E-state index contributed by atoms with van der Waals surface area (Å²) >= 11 is 0. The second kappa shape index (κ2) is 8.30. The summed E-state index contributed by atoms with van der Waals surface area (Å²) in [4.78, 5) is 14.1. The summed E-state index contributed by atoms with van der Waals surface area (Å²) in [5, 5.41) is 3.21. The highest BCUT2D eigenvalue weighted by Gasteiger charge is 2.29. The van der Waals surface area contributed by atoms with E-state index in [0.29, 0.717) is 6.04 Å². The average molecular weight is 252 g/mol. The first-order chi connectivity index (χ1) is 8.69. The molecule has 3 heteroatoms. The summed E-state index contributed by atoms with van der Waals surface area (Å²) in [5.74, 6) is 0.266. The van der Waals surface area contributed by atoms with Gasteiger partial charge in [-0.1, -0.05) is 25.3 Å². The Morgan fingerprint density at radius 3 is 2.33 bits per heavy atom. The molecule has 0 spiro atoms. The summed E-state index contributed by atoms with van der Waals surface area (Å²) in [6.45, 7) is 6.32. The molecule has 0 aromatic heterocycles. The van der Waals surface area contributed by atoms with Crippen molar-refractivity contribution in [1.29, 1.82) is 0 Å². The Hall–Kier alpha value is -0.830. The molecule has 104 valence electrons. The lowest BCUT2D eigenvalue weighted by molar-refractivity contribution is -0.126. The summed E-state index contributed by atoms with van der Waals surface area (Å²) in [6, 6.07) is 0.604. The number of carbonyl (C=O) groups is 1. The Morgan fingerprint density at radius 1 is 1.22 bits per heavy atom. The monoisotopic (exact) mass is 252 g/mol. The smallest absolute Gasteiger partial charge is 0.237 e. The minimum absolute atomic E-state index is 0.145. The van der Waals surface area contributed by atoms with E-state index in [4.69, 9.17) is 0 Å². The van der Waals surface area contributed by atoms with Crippen molar-refractivity contribution >= 4 is 5.91 Å². The second-order valence-electron chi connectivity index (χ2n) is 5.39. The van der Waals surface area contributed by atoms with Gasteiger partial charge in [0.15, 0.2) is 0 Å². The van der Waals surface area contributed by atoms with Crippen LogP contribution in [0, 0.1) is 0 Å². The van der Waals surface area contributed by atoms with Crippen molar-refractivity contribution in [2.45, 2.75) is 64.0 Å². The third kappa shape index (κ3) is 4.81. The van der Waals surface area contributed by atoms with Crippen LogP contribution in [0.4, 0.5) is 0 Å². The van der Waals surface area contributed by atoms with Crippen molar-refractivity contribution in [3.05, 3.63) is 12.7 Å². The molecule has 1 atom stereocenters. The molecule has 1 aliphatic heterocycles. The Balaban J connectivity index is 0.000000492. The summed E-state index contributed by atoms with van der Waals surface area (Å²) in [7, 11) is 2.05. The van der Waals surface area contributed by atoms with E-state index in [0.717, 1.165) is 13.0 Å². The molecule has 0 bridgehead atoms. The maximum absolute atomic E-state index is 12.0. The van der Waals surface area contributed by atoms with Gasteiger partial charge in [0.1, 0.15) is 0 Å². The normalized spacial score (nSPS) is 25.1. The van der Waals surface area contributed by atoms with Crippen LogP contribution in [0.25, 0.3) is 0 Å². The van der Waals surface area contributed by atoms with Crippen molar-refractivity contribution in [3.8, 4) is 0 Å². The van der Waals surface area contributed by atoms with Crippen LogP contribution >= 0.6 is 0 Å². The van der Waals surface area contributed by atoms with Crippen molar-refractivity contribution < 1.29 is 4.79 Å². The van der Waals surface area contributed by atoms with Crippen LogP contribution in [0.5, 0.6) is 0 Å². The first-order valence-electron chi connectivity index (χ1n) is 7.26. The average Bonchev–Trinajstić information content (AvgIpc) is 2.78. The highest BCUT2D eigenvalue weighted by molar-refractivity contribution is 5.82. The minimum Gasteiger partial charge on any atom is -0.352 e. The van der Waals surface area contributed by atoms with Crippen LogP contribution in [-0.4, -0.2) is 36.5 Å². The van der Waals surface area contributed by atoms with E-state index in [2.05, 4.69) is 23.8 Å². The molecule has 1 saturated heterocycles. The number of nitrogens with zero attached hydrogens (tertiary/aromatic N) is 1. The Kier molecular flexibility index (Phi) is 7.02. The number of hydrogen-bond acceptors (Lipinski definition) is 2. The predicted molar refractivity (Wildman–Crippen MR) is 76.5 cm³/mol. The largest absolute Gasteiger partial charge is 0.352 e. The fourth-order valence-electron chi connectivity index (χ4n) is 2.79. The van der Waals surface area contributed by atoms with Crippen LogP contribution in [-0.2, 0) is 4.79 Å². The Bertz CT molecular complexity index is 259. The fraction of sp³-hybridized carbons (Fsp3) is 0.800. The summed E-state index contributed by atoms with van der Waals surface area (Å²) in [6.07, 6.45) is 10.2. The van der Waals surface area contributed by atoms with E-state index in [9.17, 15) is 4.79 Å². The van der Waals surface area contributed by atoms with Crippen LogP contribution in [0.15, 0.2) is 12.7 Å². The quantitative estimate of drug-likeness (QED) is 0.766. The SMILES string of the molecule is C=CC.CN1CCCC1C(=O)NC1CCCCC1. The molecule has 1 heterocycles. The second-order valence-corrected chi connectivity index (χ2v) is 5.39. The molecule has 2 fully saturated rings. The molecule has 1 unspecified atom stereocenters. The van der Waals surface area contributed by atoms with Crippen LogP contribution in [0.1, 0.15) is 51.9 Å². The molecule has 1 N–H and O–H groups in total. The number of hydrogen-bond donors (Lipinski definition) is 1. The fourth-order valence-corrected chi connectivity index (χ4v) is 2.79. The van der Waals surface area contributed by atoms with E-state index in [1.165, 1.54) is 38.5 Å². The van der Waals surface area contributed by atoms with Crippen LogP contribution < -0.4 is 5.32 Å². The van der Waals surface area contributed by atoms with Gasteiger partial charge in [-0.15, -0.1) is 6.58 Å². The maximum atomic E-state index is 12.0. The van der Waals surface area contributed by atoms with E-state index in [-0.39, 0.29) is 11.9 Å². The van der Waals surface area contributed by atoms with E-state index >= 15 is 0 Å². The molecule has 1 amide bonds. The highest BCUT2D eigenvalue weighted by Crippen LogP contribution is 2.19. The van der Waals surface area contributed by atoms with Gasteiger partial charge < -0.3 is 5.32 Å². The Morgan fingerprint density at radius 2 is 1.83 bits per heavy atom. The molecule has 3 nitrogen and oxygen atoms in total. The molecular weight excluding hydrogens is 224 g/mol. The number of carbonyl (C=O) groups excluding carboxylic acids is 1. The number of likely N-dealkylation sites (N-methyl/N-ethyl adjacent to an activating group) is 1. The van der Waals surface area contributed by atoms with Gasteiger partial charge >= 0.3 is 0 Å². The molecule has 1 aliphatic carbocycles. The topological polar surface area (TPSA) is 32.3 Å². The van der Waals surface area contributed by atoms with E-state index in [1.807, 2.05) is 6.92 Å². The summed E-state index contributed by atoms with van der Waals surface area (Å²) < 4.78 is 0. The molecule has 1 saturated carbocycles. The Labute approximate surface area is 112 Å². The summed E-state index contributed by atoms with van der Waals surface area (Å²) in [5.41, 5.74) is 0. The number of nitrogens with one attached hydrogen (secondary N) is 1. The van der Waals surface area contributed by atoms with Gasteiger partial charge in [0.25, 0.3) is 0 Å². The lowest BCUT2D eigenvalue weighted by Crippen LogP contribution is -2.46. The zero-order valence-corrected chi connectivity index (χ0v) is 12.0. The molecule has 0 radical (unpaired) electrons. The maximum Gasteiger partial charge on any atom is 0.237 e. The molecule has 18 heavy (non-hydrogen) atoms.